The zero-order chi connectivity index (χ0) is 26.1. The molecule has 0 radical (unpaired) electrons. The van der Waals surface area contributed by atoms with Gasteiger partial charge in [0, 0.05) is 54.6 Å². The van der Waals surface area contributed by atoms with Crippen LogP contribution in [0.4, 0.5) is 11.5 Å². The van der Waals surface area contributed by atoms with E-state index in [2.05, 4.69) is 20.9 Å². The minimum Gasteiger partial charge on any atom is -0.496 e. The monoisotopic (exact) mass is 516 g/mol. The van der Waals surface area contributed by atoms with E-state index >= 15 is 0 Å². The van der Waals surface area contributed by atoms with E-state index in [4.69, 9.17) is 19.2 Å². The van der Waals surface area contributed by atoms with E-state index in [1.165, 1.54) is 0 Å². The molecular formula is C27H28N6O5. The molecular weight excluding hydrogens is 488 g/mol. The van der Waals surface area contributed by atoms with Crippen LogP contribution < -0.4 is 25.4 Å². The van der Waals surface area contributed by atoms with Crippen LogP contribution in [0.5, 0.6) is 11.5 Å². The molecule has 2 aromatic heterocycles. The Labute approximate surface area is 218 Å². The van der Waals surface area contributed by atoms with E-state index in [9.17, 15) is 9.90 Å². The normalized spacial score (nSPS) is 19.3. The minimum absolute atomic E-state index is 0.175. The number of fused-ring (bicyclic) bond motifs is 2. The summed E-state index contributed by atoms with van der Waals surface area (Å²) in [5.41, 5.74) is 3.15. The molecule has 2 aliphatic rings. The second-order valence-electron chi connectivity index (χ2n) is 9.17. The molecule has 4 aromatic rings. The highest BCUT2D eigenvalue weighted by molar-refractivity contribution is 5.98. The topological polar surface area (TPSA) is 131 Å². The van der Waals surface area contributed by atoms with Crippen molar-refractivity contribution in [2.24, 2.45) is 0 Å². The van der Waals surface area contributed by atoms with Crippen LogP contribution in [0.2, 0.25) is 0 Å². The summed E-state index contributed by atoms with van der Waals surface area (Å²) in [5, 5.41) is 19.7. The van der Waals surface area contributed by atoms with Crippen molar-refractivity contribution < 1.29 is 24.1 Å². The number of imidazole rings is 1. The van der Waals surface area contributed by atoms with Gasteiger partial charge in [-0.05, 0) is 24.3 Å². The molecule has 0 spiro atoms. The van der Waals surface area contributed by atoms with Crippen LogP contribution in [0.25, 0.3) is 16.9 Å². The Morgan fingerprint density at radius 2 is 2.13 bits per heavy atom. The van der Waals surface area contributed by atoms with E-state index in [0.717, 1.165) is 23.4 Å². The first-order valence-corrected chi connectivity index (χ1v) is 12.4. The number of carbonyl (C=O) groups excluding carboxylic acids is 1. The summed E-state index contributed by atoms with van der Waals surface area (Å²) >= 11 is 0. The molecule has 0 aliphatic carbocycles. The number of carbonyl (C=O) groups is 1. The number of hydrogen-bond donors (Lipinski definition) is 4. The maximum atomic E-state index is 12.5. The third-order valence-electron chi connectivity index (χ3n) is 6.82. The molecule has 0 bridgehead atoms. The average Bonchev–Trinajstić information content (AvgIpc) is 3.37. The zero-order valence-electron chi connectivity index (χ0n) is 20.9. The fourth-order valence-electron chi connectivity index (χ4n) is 4.87. The van der Waals surface area contributed by atoms with Crippen LogP contribution in [0.3, 0.4) is 0 Å². The van der Waals surface area contributed by atoms with Crippen molar-refractivity contribution in [3.8, 4) is 22.8 Å². The van der Waals surface area contributed by atoms with Gasteiger partial charge < -0.3 is 39.7 Å². The Kier molecular flexibility index (Phi) is 6.32. The standard InChI is InChI=1S/C27H28N6O5/c1-36-23-13-18(3-4-20(23)27(16-34)15-28-7-11-38-27)31-24-25-29-6-9-33(25)14-21(32-24)17-2-5-22-19(12-17)26(35)30-8-10-37-22/h2-6,9,12-14,28,34H,7-8,10-11,15-16H2,1H3,(H,30,35)(H,31,32). The molecule has 1 atom stereocenters. The predicted octanol–water partition coefficient (Wildman–Crippen LogP) is 2.08. The minimum atomic E-state index is -0.877. The van der Waals surface area contributed by atoms with Gasteiger partial charge in [0.25, 0.3) is 5.91 Å². The predicted molar refractivity (Wildman–Crippen MR) is 140 cm³/mol. The number of anilines is 2. The number of morpholine rings is 1. The Hall–Kier alpha value is -4.19. The summed E-state index contributed by atoms with van der Waals surface area (Å²) in [4.78, 5) is 21.9. The maximum absolute atomic E-state index is 12.5. The lowest BCUT2D eigenvalue weighted by molar-refractivity contribution is -0.103. The average molecular weight is 517 g/mol. The van der Waals surface area contributed by atoms with Crippen molar-refractivity contribution in [2.45, 2.75) is 5.60 Å². The Bertz CT molecular complexity index is 1500. The summed E-state index contributed by atoms with van der Waals surface area (Å²) < 4.78 is 19.2. The number of nitrogens with one attached hydrogen (secondary N) is 3. The molecule has 6 rings (SSSR count). The van der Waals surface area contributed by atoms with Gasteiger partial charge in [-0.15, -0.1) is 0 Å². The smallest absolute Gasteiger partial charge is 0.255 e. The lowest BCUT2D eigenvalue weighted by Crippen LogP contribution is -2.50. The maximum Gasteiger partial charge on any atom is 0.255 e. The highest BCUT2D eigenvalue weighted by Crippen LogP contribution is 2.37. The van der Waals surface area contributed by atoms with Crippen LogP contribution in [0.1, 0.15) is 15.9 Å². The van der Waals surface area contributed by atoms with Crippen LogP contribution in [-0.2, 0) is 10.3 Å². The fraction of sp³-hybridized carbons (Fsp3) is 0.296. The van der Waals surface area contributed by atoms with Gasteiger partial charge in [-0.3, -0.25) is 4.79 Å². The van der Waals surface area contributed by atoms with Crippen molar-refractivity contribution in [2.75, 3.05) is 51.9 Å². The molecule has 11 heteroatoms. The molecule has 4 heterocycles. The molecule has 1 fully saturated rings. The van der Waals surface area contributed by atoms with Gasteiger partial charge >= 0.3 is 0 Å². The van der Waals surface area contributed by atoms with E-state index in [1.54, 1.807) is 25.4 Å². The van der Waals surface area contributed by atoms with Gasteiger partial charge in [0.2, 0.25) is 0 Å². The molecule has 1 saturated heterocycles. The third-order valence-corrected chi connectivity index (χ3v) is 6.82. The summed E-state index contributed by atoms with van der Waals surface area (Å²) in [6.45, 7) is 2.42. The van der Waals surface area contributed by atoms with Crippen molar-refractivity contribution in [3.63, 3.8) is 0 Å². The Morgan fingerprint density at radius 1 is 1.21 bits per heavy atom. The van der Waals surface area contributed by atoms with Crippen molar-refractivity contribution in [3.05, 3.63) is 66.1 Å². The number of rotatable bonds is 6. The fourth-order valence-corrected chi connectivity index (χ4v) is 4.87. The zero-order valence-corrected chi connectivity index (χ0v) is 20.9. The van der Waals surface area contributed by atoms with Crippen LogP contribution in [-0.4, -0.2) is 71.9 Å². The molecule has 4 N–H and O–H groups in total. The third kappa shape index (κ3) is 4.30. The molecule has 2 aliphatic heterocycles. The molecule has 11 nitrogen and oxygen atoms in total. The van der Waals surface area contributed by atoms with Crippen LogP contribution in [0, 0.1) is 0 Å². The highest BCUT2D eigenvalue weighted by atomic mass is 16.5. The number of amides is 1. The number of hydrogen-bond acceptors (Lipinski definition) is 9. The first-order chi connectivity index (χ1) is 18.6. The van der Waals surface area contributed by atoms with Gasteiger partial charge in [-0.2, -0.15) is 0 Å². The molecule has 1 unspecified atom stereocenters. The summed E-state index contributed by atoms with van der Waals surface area (Å²) in [6.07, 6.45) is 5.41. The lowest BCUT2D eigenvalue weighted by atomic mass is 9.92. The number of benzene rings is 2. The summed E-state index contributed by atoms with van der Waals surface area (Å²) in [7, 11) is 1.59. The second kappa shape index (κ2) is 9.93. The van der Waals surface area contributed by atoms with Crippen LogP contribution in [0.15, 0.2) is 55.0 Å². The number of aliphatic hydroxyl groups excluding tert-OH is 1. The second-order valence-corrected chi connectivity index (χ2v) is 9.17. The first kappa shape index (κ1) is 24.2. The first-order valence-electron chi connectivity index (χ1n) is 12.4. The molecule has 196 valence electrons. The Balaban J connectivity index is 1.37. The lowest BCUT2D eigenvalue weighted by Gasteiger charge is -2.37. The number of ether oxygens (including phenoxy) is 3. The SMILES string of the molecule is COc1cc(Nc2nc(-c3ccc4c(c3)C(=O)NCCO4)cn3ccnc23)ccc1C1(CO)CNCCO1. The van der Waals surface area contributed by atoms with E-state index < -0.39 is 5.60 Å². The van der Waals surface area contributed by atoms with Gasteiger partial charge in [-0.1, -0.05) is 6.07 Å². The highest BCUT2D eigenvalue weighted by Gasteiger charge is 2.37. The van der Waals surface area contributed by atoms with Crippen LogP contribution >= 0.6 is 0 Å². The van der Waals surface area contributed by atoms with E-state index in [0.29, 0.717) is 60.5 Å². The molecule has 1 amide bonds. The van der Waals surface area contributed by atoms with E-state index in [-0.39, 0.29) is 12.5 Å². The van der Waals surface area contributed by atoms with Gasteiger partial charge in [-0.25, -0.2) is 9.97 Å². The summed E-state index contributed by atoms with van der Waals surface area (Å²) in [6, 6.07) is 11.1. The van der Waals surface area contributed by atoms with Gasteiger partial charge in [0.1, 0.15) is 23.7 Å². The number of aromatic nitrogens is 3. The quantitative estimate of drug-likeness (QED) is 0.304. The van der Waals surface area contributed by atoms with Crippen molar-refractivity contribution in [1.82, 2.24) is 25.0 Å². The number of aliphatic hydroxyl groups is 1. The van der Waals surface area contributed by atoms with Crippen molar-refractivity contribution >= 4 is 23.1 Å². The largest absolute Gasteiger partial charge is 0.496 e. The summed E-state index contributed by atoms with van der Waals surface area (Å²) in [5.74, 6) is 1.49. The molecule has 0 saturated carbocycles. The number of methoxy groups -OCH3 is 1. The van der Waals surface area contributed by atoms with Crippen molar-refractivity contribution in [1.29, 1.82) is 0 Å². The molecule has 38 heavy (non-hydrogen) atoms. The number of nitrogens with zero attached hydrogens (tertiary/aromatic N) is 3. The van der Waals surface area contributed by atoms with E-state index in [1.807, 2.05) is 41.1 Å². The Morgan fingerprint density at radius 3 is 2.95 bits per heavy atom. The molecule has 2 aromatic carbocycles. The van der Waals surface area contributed by atoms with Gasteiger partial charge in [0.05, 0.1) is 38.1 Å². The van der Waals surface area contributed by atoms with Gasteiger partial charge in [0.15, 0.2) is 11.5 Å².